The lowest BCUT2D eigenvalue weighted by Crippen LogP contribution is -2.29. The zero-order valence-corrected chi connectivity index (χ0v) is 12.7. The molecule has 0 bridgehead atoms. The van der Waals surface area contributed by atoms with Crippen LogP contribution in [0.2, 0.25) is 0 Å². The van der Waals surface area contributed by atoms with E-state index in [-0.39, 0.29) is 35.1 Å². The Bertz CT molecular complexity index is 845. The van der Waals surface area contributed by atoms with E-state index in [0.717, 1.165) is 12.0 Å². The van der Waals surface area contributed by atoms with Crippen LogP contribution in [-0.2, 0) is 0 Å². The van der Waals surface area contributed by atoms with Crippen LogP contribution in [0.1, 0.15) is 29.5 Å². The summed E-state index contributed by atoms with van der Waals surface area (Å²) in [4.78, 5) is 11.0. The molecular formula is C18H16N2O4. The van der Waals surface area contributed by atoms with Crippen LogP contribution in [0.3, 0.4) is 0 Å². The van der Waals surface area contributed by atoms with Gasteiger partial charge in [0.15, 0.2) is 0 Å². The fourth-order valence-corrected chi connectivity index (χ4v) is 3.85. The van der Waals surface area contributed by atoms with Gasteiger partial charge in [0.1, 0.15) is 11.5 Å². The Kier molecular flexibility index (Phi) is 3.19. The smallest absolute Gasteiger partial charge is 0.275 e. The van der Waals surface area contributed by atoms with Crippen molar-refractivity contribution in [1.82, 2.24) is 0 Å². The van der Waals surface area contributed by atoms with Crippen molar-refractivity contribution in [2.24, 2.45) is 5.92 Å². The first-order valence-corrected chi connectivity index (χ1v) is 7.78. The molecule has 1 aliphatic carbocycles. The highest BCUT2D eigenvalue weighted by atomic mass is 16.6. The summed E-state index contributed by atoms with van der Waals surface area (Å²) in [6, 6.07) is 9.54. The molecule has 122 valence electrons. The third kappa shape index (κ3) is 2.11. The summed E-state index contributed by atoms with van der Waals surface area (Å²) in [5.74, 6) is 0.211. The van der Waals surface area contributed by atoms with Crippen molar-refractivity contribution in [3.05, 3.63) is 69.8 Å². The molecule has 0 saturated carbocycles. The molecule has 0 aromatic heterocycles. The van der Waals surface area contributed by atoms with E-state index in [9.17, 15) is 20.3 Å². The number of fused-ring (bicyclic) bond motifs is 3. The average Bonchev–Trinajstić information content (AvgIpc) is 3.05. The van der Waals surface area contributed by atoms with E-state index in [0.29, 0.717) is 11.3 Å². The van der Waals surface area contributed by atoms with Crippen LogP contribution in [0, 0.1) is 16.0 Å². The van der Waals surface area contributed by atoms with Gasteiger partial charge in [0.25, 0.3) is 5.69 Å². The van der Waals surface area contributed by atoms with E-state index < -0.39 is 4.92 Å². The minimum Gasteiger partial charge on any atom is -0.508 e. The maximum atomic E-state index is 11.4. The number of nitro benzene ring substituents is 1. The third-order valence-corrected chi connectivity index (χ3v) is 4.92. The summed E-state index contributed by atoms with van der Waals surface area (Å²) in [6.07, 6.45) is 4.83. The molecule has 3 N–H and O–H groups in total. The molecule has 6 nitrogen and oxygen atoms in total. The van der Waals surface area contributed by atoms with Crippen LogP contribution in [0.25, 0.3) is 0 Å². The van der Waals surface area contributed by atoms with Gasteiger partial charge in [-0.2, -0.15) is 0 Å². The van der Waals surface area contributed by atoms with Crippen LogP contribution in [0.5, 0.6) is 11.5 Å². The van der Waals surface area contributed by atoms with Crippen LogP contribution < -0.4 is 5.32 Å². The molecule has 0 fully saturated rings. The lowest BCUT2D eigenvalue weighted by molar-refractivity contribution is -0.385. The van der Waals surface area contributed by atoms with Gasteiger partial charge in [0, 0.05) is 12.0 Å². The first-order valence-electron chi connectivity index (χ1n) is 7.78. The summed E-state index contributed by atoms with van der Waals surface area (Å²) in [5.41, 5.74) is 1.98. The van der Waals surface area contributed by atoms with Crippen molar-refractivity contribution < 1.29 is 15.1 Å². The number of aromatic hydroxyl groups is 2. The van der Waals surface area contributed by atoms with Gasteiger partial charge in [-0.3, -0.25) is 10.1 Å². The number of benzene rings is 2. The number of nitro groups is 1. The van der Waals surface area contributed by atoms with Gasteiger partial charge in [-0.1, -0.05) is 24.3 Å². The van der Waals surface area contributed by atoms with E-state index in [1.54, 1.807) is 12.1 Å². The highest BCUT2D eigenvalue weighted by molar-refractivity contribution is 5.73. The maximum Gasteiger partial charge on any atom is 0.275 e. The number of hydrogen-bond acceptors (Lipinski definition) is 5. The zero-order valence-electron chi connectivity index (χ0n) is 12.7. The van der Waals surface area contributed by atoms with E-state index >= 15 is 0 Å². The molecule has 4 rings (SSSR count). The predicted molar refractivity (Wildman–Crippen MR) is 89.2 cm³/mol. The molecule has 1 heterocycles. The standard InChI is InChI=1S/C18H16N2O4/c21-11-6-4-10(5-7-11)17-13-3-1-2-12(13)16-14(20(23)24)8-9-15(22)18(16)19-17/h1-2,4-9,12-13,17,19,21-22H,3H2. The predicted octanol–water partition coefficient (Wildman–Crippen LogP) is 3.83. The first kappa shape index (κ1) is 14.6. The molecule has 2 aromatic rings. The quantitative estimate of drug-likeness (QED) is 0.338. The number of nitrogens with zero attached hydrogens (tertiary/aromatic N) is 1. The Balaban J connectivity index is 1.86. The molecule has 2 aromatic carbocycles. The third-order valence-electron chi connectivity index (χ3n) is 4.92. The SMILES string of the molecule is O=[N+]([O-])c1ccc(O)c2c1C1C=CCC1C(c1ccc(O)cc1)N2. The largest absolute Gasteiger partial charge is 0.508 e. The molecule has 3 unspecified atom stereocenters. The Labute approximate surface area is 138 Å². The minimum absolute atomic E-state index is 0.0122. The number of anilines is 1. The number of nitrogens with one attached hydrogen (secondary N) is 1. The van der Waals surface area contributed by atoms with Gasteiger partial charge in [-0.05, 0) is 36.1 Å². The van der Waals surface area contributed by atoms with Crippen molar-refractivity contribution in [2.45, 2.75) is 18.4 Å². The van der Waals surface area contributed by atoms with Gasteiger partial charge in [-0.25, -0.2) is 0 Å². The van der Waals surface area contributed by atoms with Crippen molar-refractivity contribution in [2.75, 3.05) is 5.32 Å². The van der Waals surface area contributed by atoms with Gasteiger partial charge < -0.3 is 15.5 Å². The van der Waals surface area contributed by atoms with Crippen LogP contribution in [0.15, 0.2) is 48.6 Å². The zero-order chi connectivity index (χ0) is 16.8. The maximum absolute atomic E-state index is 11.4. The van der Waals surface area contributed by atoms with E-state index in [4.69, 9.17) is 0 Å². The normalized spacial score (nSPS) is 24.1. The van der Waals surface area contributed by atoms with Gasteiger partial charge in [0.2, 0.25) is 0 Å². The Morgan fingerprint density at radius 2 is 1.88 bits per heavy atom. The minimum atomic E-state index is -0.399. The molecule has 24 heavy (non-hydrogen) atoms. The first-order chi connectivity index (χ1) is 11.6. The number of allylic oxidation sites excluding steroid dienone is 2. The average molecular weight is 324 g/mol. The van der Waals surface area contributed by atoms with Crippen molar-refractivity contribution in [1.29, 1.82) is 0 Å². The highest BCUT2D eigenvalue weighted by Crippen LogP contribution is 2.54. The van der Waals surface area contributed by atoms with Crippen LogP contribution in [0.4, 0.5) is 11.4 Å². The number of hydrogen-bond donors (Lipinski definition) is 3. The van der Waals surface area contributed by atoms with Gasteiger partial charge in [0.05, 0.1) is 22.2 Å². The fraction of sp³-hybridized carbons (Fsp3) is 0.222. The molecule has 2 aliphatic rings. The highest BCUT2D eigenvalue weighted by Gasteiger charge is 2.42. The Morgan fingerprint density at radius 3 is 2.58 bits per heavy atom. The molecule has 6 heteroatoms. The fourth-order valence-electron chi connectivity index (χ4n) is 3.85. The number of phenols is 2. The Hall–Kier alpha value is -3.02. The second kappa shape index (κ2) is 5.26. The summed E-state index contributed by atoms with van der Waals surface area (Å²) >= 11 is 0. The van der Waals surface area contributed by atoms with Crippen LogP contribution >= 0.6 is 0 Å². The lowest BCUT2D eigenvalue weighted by Gasteiger charge is -2.37. The van der Waals surface area contributed by atoms with Crippen LogP contribution in [-0.4, -0.2) is 15.1 Å². The molecule has 0 saturated heterocycles. The lowest BCUT2D eigenvalue weighted by atomic mass is 9.76. The van der Waals surface area contributed by atoms with Crippen molar-refractivity contribution in [3.63, 3.8) is 0 Å². The number of rotatable bonds is 2. The number of phenolic OH excluding ortho intramolecular Hbond substituents is 2. The van der Waals surface area contributed by atoms with E-state index in [1.165, 1.54) is 12.1 Å². The summed E-state index contributed by atoms with van der Waals surface area (Å²) < 4.78 is 0. The molecule has 0 radical (unpaired) electrons. The molecular weight excluding hydrogens is 308 g/mol. The van der Waals surface area contributed by atoms with Crippen molar-refractivity contribution in [3.8, 4) is 11.5 Å². The Morgan fingerprint density at radius 1 is 1.12 bits per heavy atom. The summed E-state index contributed by atoms with van der Waals surface area (Å²) in [7, 11) is 0. The molecule has 1 aliphatic heterocycles. The van der Waals surface area contributed by atoms with E-state index in [1.807, 2.05) is 24.3 Å². The van der Waals surface area contributed by atoms with Crippen molar-refractivity contribution >= 4 is 11.4 Å². The summed E-state index contributed by atoms with van der Waals surface area (Å²) in [5, 5.41) is 34.4. The van der Waals surface area contributed by atoms with Gasteiger partial charge in [-0.15, -0.1) is 0 Å². The molecule has 0 amide bonds. The topological polar surface area (TPSA) is 95.6 Å². The monoisotopic (exact) mass is 324 g/mol. The van der Waals surface area contributed by atoms with Gasteiger partial charge >= 0.3 is 0 Å². The molecule has 0 spiro atoms. The second-order valence-electron chi connectivity index (χ2n) is 6.22. The van der Waals surface area contributed by atoms with E-state index in [2.05, 4.69) is 5.32 Å². The molecule has 3 atom stereocenters. The second-order valence-corrected chi connectivity index (χ2v) is 6.22. The summed E-state index contributed by atoms with van der Waals surface area (Å²) in [6.45, 7) is 0.